The molecule has 0 saturated carbocycles. The molecule has 3 rings (SSSR count). The van der Waals surface area contributed by atoms with Crippen LogP contribution in [0.2, 0.25) is 10.0 Å². The molecule has 0 atom stereocenters. The molecule has 0 fully saturated rings. The van der Waals surface area contributed by atoms with Gasteiger partial charge in [-0.05, 0) is 60.4 Å². The summed E-state index contributed by atoms with van der Waals surface area (Å²) >= 11 is 12.1. The quantitative estimate of drug-likeness (QED) is 0.686. The van der Waals surface area contributed by atoms with Crippen LogP contribution in [0.5, 0.6) is 0 Å². The van der Waals surface area contributed by atoms with Gasteiger partial charge in [-0.25, -0.2) is 0 Å². The van der Waals surface area contributed by atoms with Crippen molar-refractivity contribution in [3.63, 3.8) is 0 Å². The topological polar surface area (TPSA) is 20.3 Å². The standard InChI is InChI=1S/C16H13Cl2NO/c1-10(20)19-15-6-4-13(17)8-11(15)2-3-12-9-14(18)5-7-16(12)19/h4-9H,2-3H2,1H3. The van der Waals surface area contributed by atoms with E-state index >= 15 is 0 Å². The fourth-order valence-electron chi connectivity index (χ4n) is 2.68. The van der Waals surface area contributed by atoms with E-state index in [1.54, 1.807) is 11.8 Å². The Hall–Kier alpha value is -1.51. The molecule has 4 heteroatoms. The number of hydrogen-bond donors (Lipinski definition) is 0. The van der Waals surface area contributed by atoms with E-state index in [0.717, 1.165) is 35.3 Å². The van der Waals surface area contributed by atoms with Crippen molar-refractivity contribution in [2.45, 2.75) is 19.8 Å². The second-order valence-corrected chi connectivity index (χ2v) is 5.77. The predicted octanol–water partition coefficient (Wildman–Crippen LogP) is 4.78. The van der Waals surface area contributed by atoms with Crippen LogP contribution >= 0.6 is 23.2 Å². The summed E-state index contributed by atoms with van der Waals surface area (Å²) < 4.78 is 0. The van der Waals surface area contributed by atoms with Crippen molar-refractivity contribution in [3.8, 4) is 0 Å². The number of carbonyl (C=O) groups is 1. The minimum atomic E-state index is -0.0148. The first-order valence-electron chi connectivity index (χ1n) is 6.44. The summed E-state index contributed by atoms with van der Waals surface area (Å²) in [5, 5.41) is 1.38. The summed E-state index contributed by atoms with van der Waals surface area (Å²) in [6.07, 6.45) is 1.68. The molecule has 2 aromatic carbocycles. The minimum Gasteiger partial charge on any atom is -0.281 e. The van der Waals surface area contributed by atoms with Crippen LogP contribution in [-0.4, -0.2) is 5.91 Å². The molecule has 0 saturated heterocycles. The maximum absolute atomic E-state index is 12.1. The Labute approximate surface area is 127 Å². The van der Waals surface area contributed by atoms with Crippen LogP contribution in [0.3, 0.4) is 0 Å². The third kappa shape index (κ3) is 2.30. The normalized spacial score (nSPS) is 13.4. The maximum atomic E-state index is 12.1. The summed E-state index contributed by atoms with van der Waals surface area (Å²) in [5.41, 5.74) is 3.98. The fourth-order valence-corrected chi connectivity index (χ4v) is 3.07. The Morgan fingerprint density at radius 1 is 0.950 bits per heavy atom. The number of anilines is 2. The Balaban J connectivity index is 2.23. The molecule has 1 aliphatic rings. The zero-order chi connectivity index (χ0) is 14.3. The van der Waals surface area contributed by atoms with Gasteiger partial charge in [-0.2, -0.15) is 0 Å². The fraction of sp³-hybridized carbons (Fsp3) is 0.188. The van der Waals surface area contributed by atoms with Gasteiger partial charge < -0.3 is 0 Å². The van der Waals surface area contributed by atoms with E-state index < -0.39 is 0 Å². The van der Waals surface area contributed by atoms with Crippen LogP contribution in [0.4, 0.5) is 11.4 Å². The Kier molecular flexibility index (Phi) is 3.45. The van der Waals surface area contributed by atoms with Gasteiger partial charge in [0.2, 0.25) is 5.91 Å². The van der Waals surface area contributed by atoms with Crippen LogP contribution in [0.1, 0.15) is 18.1 Å². The molecule has 0 radical (unpaired) electrons. The average Bonchev–Trinajstić information content (AvgIpc) is 2.55. The highest BCUT2D eigenvalue weighted by molar-refractivity contribution is 6.31. The molecule has 0 bridgehead atoms. The van der Waals surface area contributed by atoms with E-state index in [2.05, 4.69) is 0 Å². The van der Waals surface area contributed by atoms with Gasteiger partial charge in [-0.3, -0.25) is 9.69 Å². The first-order valence-corrected chi connectivity index (χ1v) is 7.19. The number of halogens is 2. The van der Waals surface area contributed by atoms with Crippen molar-refractivity contribution in [3.05, 3.63) is 57.6 Å². The number of hydrogen-bond acceptors (Lipinski definition) is 1. The van der Waals surface area contributed by atoms with Crippen LogP contribution in [0, 0.1) is 0 Å². The van der Waals surface area contributed by atoms with Crippen molar-refractivity contribution in [1.82, 2.24) is 0 Å². The van der Waals surface area contributed by atoms with Gasteiger partial charge in [-0.15, -0.1) is 0 Å². The smallest absolute Gasteiger partial charge is 0.228 e. The molecular weight excluding hydrogens is 293 g/mol. The van der Waals surface area contributed by atoms with E-state index in [0.29, 0.717) is 10.0 Å². The highest BCUT2D eigenvalue weighted by atomic mass is 35.5. The average molecular weight is 306 g/mol. The lowest BCUT2D eigenvalue weighted by atomic mass is 10.0. The van der Waals surface area contributed by atoms with Crippen LogP contribution in [0.25, 0.3) is 0 Å². The number of nitrogens with zero attached hydrogens (tertiary/aromatic N) is 1. The van der Waals surface area contributed by atoms with Gasteiger partial charge in [0.15, 0.2) is 0 Å². The van der Waals surface area contributed by atoms with E-state index in [1.807, 2.05) is 36.4 Å². The van der Waals surface area contributed by atoms with Gasteiger partial charge >= 0.3 is 0 Å². The molecule has 0 aromatic heterocycles. The molecule has 2 nitrogen and oxygen atoms in total. The number of fused-ring (bicyclic) bond motifs is 2. The summed E-state index contributed by atoms with van der Waals surface area (Å²) in [6.45, 7) is 1.57. The molecule has 0 spiro atoms. The van der Waals surface area contributed by atoms with Gasteiger partial charge in [-0.1, -0.05) is 23.2 Å². The Bertz CT molecular complexity index is 643. The summed E-state index contributed by atoms with van der Waals surface area (Å²) in [7, 11) is 0. The van der Waals surface area contributed by atoms with Crippen molar-refractivity contribution in [1.29, 1.82) is 0 Å². The summed E-state index contributed by atoms with van der Waals surface area (Å²) in [5.74, 6) is -0.0148. The van der Waals surface area contributed by atoms with E-state index in [1.165, 1.54) is 0 Å². The van der Waals surface area contributed by atoms with Gasteiger partial charge in [0.05, 0.1) is 11.4 Å². The molecule has 1 aliphatic heterocycles. The molecule has 0 aliphatic carbocycles. The lowest BCUT2D eigenvalue weighted by Gasteiger charge is -2.23. The third-order valence-electron chi connectivity index (χ3n) is 3.54. The van der Waals surface area contributed by atoms with E-state index in [4.69, 9.17) is 23.2 Å². The monoisotopic (exact) mass is 305 g/mol. The number of rotatable bonds is 0. The molecular formula is C16H13Cl2NO. The van der Waals surface area contributed by atoms with Crippen LogP contribution in [0.15, 0.2) is 36.4 Å². The minimum absolute atomic E-state index is 0.0148. The van der Waals surface area contributed by atoms with Crippen molar-refractivity contribution in [2.24, 2.45) is 0 Å². The van der Waals surface area contributed by atoms with Crippen molar-refractivity contribution < 1.29 is 4.79 Å². The highest BCUT2D eigenvalue weighted by Crippen LogP contribution is 2.38. The predicted molar refractivity (Wildman–Crippen MR) is 83.1 cm³/mol. The lowest BCUT2D eigenvalue weighted by Crippen LogP contribution is -2.23. The summed E-state index contributed by atoms with van der Waals surface area (Å²) in [6, 6.07) is 11.3. The molecule has 0 unspecified atom stereocenters. The van der Waals surface area contributed by atoms with Gasteiger partial charge in [0.1, 0.15) is 0 Å². The molecule has 0 N–H and O–H groups in total. The molecule has 20 heavy (non-hydrogen) atoms. The number of amides is 1. The maximum Gasteiger partial charge on any atom is 0.228 e. The second-order valence-electron chi connectivity index (χ2n) is 4.90. The molecule has 2 aromatic rings. The highest BCUT2D eigenvalue weighted by Gasteiger charge is 2.23. The Morgan fingerprint density at radius 3 is 1.80 bits per heavy atom. The SMILES string of the molecule is CC(=O)N1c2ccc(Cl)cc2CCc2cc(Cl)ccc21. The lowest BCUT2D eigenvalue weighted by molar-refractivity contribution is -0.115. The van der Waals surface area contributed by atoms with Gasteiger partial charge in [0, 0.05) is 17.0 Å². The van der Waals surface area contributed by atoms with Crippen LogP contribution < -0.4 is 4.90 Å². The van der Waals surface area contributed by atoms with Gasteiger partial charge in [0.25, 0.3) is 0 Å². The number of carbonyl (C=O) groups excluding carboxylic acids is 1. The summed E-state index contributed by atoms with van der Waals surface area (Å²) in [4.78, 5) is 13.8. The zero-order valence-electron chi connectivity index (χ0n) is 11.0. The zero-order valence-corrected chi connectivity index (χ0v) is 12.5. The van der Waals surface area contributed by atoms with E-state index in [-0.39, 0.29) is 5.91 Å². The molecule has 102 valence electrons. The number of benzene rings is 2. The van der Waals surface area contributed by atoms with Crippen molar-refractivity contribution in [2.75, 3.05) is 4.90 Å². The molecule has 1 amide bonds. The molecule has 1 heterocycles. The first-order chi connectivity index (χ1) is 9.56. The Morgan fingerprint density at radius 2 is 1.40 bits per heavy atom. The first kappa shape index (κ1) is 13.5. The van der Waals surface area contributed by atoms with Crippen molar-refractivity contribution >= 4 is 40.5 Å². The van der Waals surface area contributed by atoms with Crippen LogP contribution in [-0.2, 0) is 17.6 Å². The largest absolute Gasteiger partial charge is 0.281 e. The second kappa shape index (κ2) is 5.12. The third-order valence-corrected chi connectivity index (χ3v) is 4.01. The van der Waals surface area contributed by atoms with E-state index in [9.17, 15) is 4.79 Å². The number of aryl methyl sites for hydroxylation is 2.